The third-order valence-corrected chi connectivity index (χ3v) is 6.88. The predicted octanol–water partition coefficient (Wildman–Crippen LogP) is 1.72. The highest BCUT2D eigenvalue weighted by Gasteiger charge is 2.20. The Labute approximate surface area is 225 Å². The molecule has 0 aliphatic carbocycles. The summed E-state index contributed by atoms with van der Waals surface area (Å²) in [6.07, 6.45) is 1.70. The Morgan fingerprint density at radius 3 is 2.49 bits per heavy atom. The van der Waals surface area contributed by atoms with Crippen LogP contribution in [0.1, 0.15) is 12.8 Å². The second kappa shape index (κ2) is 11.8. The first-order valence-corrected chi connectivity index (χ1v) is 12.7. The lowest BCUT2D eigenvalue weighted by molar-refractivity contribution is -0.122. The molecule has 1 aliphatic rings. The second-order valence-electron chi connectivity index (χ2n) is 8.45. The van der Waals surface area contributed by atoms with Crippen LogP contribution in [-0.4, -0.2) is 54.4 Å². The highest BCUT2D eigenvalue weighted by Crippen LogP contribution is 2.33. The normalized spacial score (nSPS) is 14.9. The third kappa shape index (κ3) is 5.96. The van der Waals surface area contributed by atoms with Gasteiger partial charge in [0.1, 0.15) is 24.6 Å². The fourth-order valence-electron chi connectivity index (χ4n) is 4.19. The molecular formula is C25H27IN4O7. The van der Waals surface area contributed by atoms with Gasteiger partial charge < -0.3 is 24.8 Å². The van der Waals surface area contributed by atoms with E-state index in [1.807, 2.05) is 0 Å². The Bertz CT molecular complexity index is 1440. The molecule has 12 heteroatoms. The summed E-state index contributed by atoms with van der Waals surface area (Å²) in [6, 6.07) is 9.81. The predicted molar refractivity (Wildman–Crippen MR) is 145 cm³/mol. The molecular weight excluding hydrogens is 595 g/mol. The molecule has 1 unspecified atom stereocenters. The van der Waals surface area contributed by atoms with Crippen LogP contribution < -0.4 is 31.4 Å². The average molecular weight is 622 g/mol. The SMILES string of the molecule is COc1cc(OC)c(NC(=O)Cn2c(=O)n(CC(=O)NCC3CCCO3)c(=O)c3ccccc32)cc1I. The number of fused-ring (bicyclic) bond motifs is 1. The minimum Gasteiger partial charge on any atom is -0.496 e. The molecule has 0 radical (unpaired) electrons. The first-order valence-electron chi connectivity index (χ1n) is 11.6. The van der Waals surface area contributed by atoms with Crippen LogP contribution in [0.25, 0.3) is 10.9 Å². The van der Waals surface area contributed by atoms with E-state index in [0.717, 1.165) is 21.0 Å². The van der Waals surface area contributed by atoms with E-state index in [4.69, 9.17) is 14.2 Å². The molecule has 2 amide bonds. The van der Waals surface area contributed by atoms with Crippen molar-refractivity contribution in [2.75, 3.05) is 32.7 Å². The van der Waals surface area contributed by atoms with E-state index in [1.54, 1.807) is 36.4 Å². The topological polar surface area (TPSA) is 130 Å². The number of hydrogen-bond acceptors (Lipinski definition) is 7. The molecule has 4 rings (SSSR count). The Hall–Kier alpha value is -3.39. The van der Waals surface area contributed by atoms with E-state index in [-0.39, 0.29) is 18.0 Å². The van der Waals surface area contributed by atoms with E-state index in [9.17, 15) is 19.2 Å². The standard InChI is InChI=1S/C25H27IN4O7/c1-35-20-11-21(36-2)18(10-17(20)26)28-23(32)14-29-19-8-4-3-7-16(19)24(33)30(25(29)34)13-22(31)27-12-15-6-5-9-37-15/h3-4,7-8,10-11,15H,5-6,9,12-14H2,1-2H3,(H,27,31)(H,28,32). The number of hydrogen-bond donors (Lipinski definition) is 2. The number of benzene rings is 2. The summed E-state index contributed by atoms with van der Waals surface area (Å²) in [5.41, 5.74) is -0.671. The Morgan fingerprint density at radius 1 is 1.05 bits per heavy atom. The van der Waals surface area contributed by atoms with E-state index in [2.05, 4.69) is 33.2 Å². The first kappa shape index (κ1) is 26.7. The third-order valence-electron chi connectivity index (χ3n) is 6.03. The zero-order valence-electron chi connectivity index (χ0n) is 20.4. The smallest absolute Gasteiger partial charge is 0.332 e. The summed E-state index contributed by atoms with van der Waals surface area (Å²) < 4.78 is 18.9. The summed E-state index contributed by atoms with van der Waals surface area (Å²) in [7, 11) is 3.00. The molecule has 1 aromatic heterocycles. The molecule has 3 aromatic rings. The number of nitrogens with zero attached hydrogens (tertiary/aromatic N) is 2. The maximum Gasteiger partial charge on any atom is 0.332 e. The second-order valence-corrected chi connectivity index (χ2v) is 9.61. The van der Waals surface area contributed by atoms with Crippen molar-refractivity contribution < 1.29 is 23.8 Å². The summed E-state index contributed by atoms with van der Waals surface area (Å²) in [5, 5.41) is 5.70. The number of anilines is 1. The minimum atomic E-state index is -0.762. The monoisotopic (exact) mass is 622 g/mol. The van der Waals surface area contributed by atoms with Gasteiger partial charge in [0.15, 0.2) is 0 Å². The zero-order chi connectivity index (χ0) is 26.5. The molecule has 0 bridgehead atoms. The summed E-state index contributed by atoms with van der Waals surface area (Å²) in [5.74, 6) is -0.0312. The molecule has 1 atom stereocenters. The van der Waals surface area contributed by atoms with Crippen molar-refractivity contribution in [1.29, 1.82) is 0 Å². The van der Waals surface area contributed by atoms with E-state index >= 15 is 0 Å². The highest BCUT2D eigenvalue weighted by molar-refractivity contribution is 14.1. The molecule has 1 saturated heterocycles. The first-order chi connectivity index (χ1) is 17.8. The quantitative estimate of drug-likeness (QED) is 0.348. The van der Waals surface area contributed by atoms with E-state index < -0.39 is 29.6 Å². The number of carbonyl (C=O) groups excluding carboxylic acids is 2. The van der Waals surface area contributed by atoms with Crippen LogP contribution in [0.3, 0.4) is 0 Å². The Morgan fingerprint density at radius 2 is 1.78 bits per heavy atom. The fraction of sp³-hybridized carbons (Fsp3) is 0.360. The highest BCUT2D eigenvalue weighted by atomic mass is 127. The zero-order valence-corrected chi connectivity index (χ0v) is 22.6. The van der Waals surface area contributed by atoms with Gasteiger partial charge in [0.25, 0.3) is 5.56 Å². The van der Waals surface area contributed by atoms with Gasteiger partial charge >= 0.3 is 5.69 Å². The maximum absolute atomic E-state index is 13.3. The van der Waals surface area contributed by atoms with Crippen LogP contribution in [0.15, 0.2) is 46.0 Å². The lowest BCUT2D eigenvalue weighted by atomic mass is 10.2. The van der Waals surface area contributed by atoms with Gasteiger partial charge in [0.2, 0.25) is 11.8 Å². The number of rotatable bonds is 9. The lowest BCUT2D eigenvalue weighted by Crippen LogP contribution is -2.45. The van der Waals surface area contributed by atoms with Crippen molar-refractivity contribution in [3.8, 4) is 11.5 Å². The van der Waals surface area contributed by atoms with Gasteiger partial charge in [-0.1, -0.05) is 12.1 Å². The molecule has 2 heterocycles. The summed E-state index contributed by atoms with van der Waals surface area (Å²) >= 11 is 2.07. The summed E-state index contributed by atoms with van der Waals surface area (Å²) in [6.45, 7) is 0.101. The van der Waals surface area contributed by atoms with Crippen molar-refractivity contribution in [3.05, 3.63) is 60.8 Å². The fourth-order valence-corrected chi connectivity index (χ4v) is 4.87. The lowest BCUT2D eigenvalue weighted by Gasteiger charge is -2.16. The number of halogens is 1. The Balaban J connectivity index is 1.61. The van der Waals surface area contributed by atoms with Crippen molar-refractivity contribution in [2.24, 2.45) is 0 Å². The van der Waals surface area contributed by atoms with E-state index in [0.29, 0.717) is 35.9 Å². The number of para-hydroxylation sites is 1. The van der Waals surface area contributed by atoms with Crippen molar-refractivity contribution in [1.82, 2.24) is 14.5 Å². The van der Waals surface area contributed by atoms with Gasteiger partial charge in [-0.05, 0) is 53.6 Å². The van der Waals surface area contributed by atoms with Crippen LogP contribution in [0.5, 0.6) is 11.5 Å². The molecule has 1 fully saturated rings. The van der Waals surface area contributed by atoms with Gasteiger partial charge in [-0.15, -0.1) is 0 Å². The Kier molecular flexibility index (Phi) is 8.48. The van der Waals surface area contributed by atoms with Crippen LogP contribution in [0.2, 0.25) is 0 Å². The van der Waals surface area contributed by atoms with Crippen LogP contribution in [0, 0.1) is 3.57 Å². The average Bonchev–Trinajstić information content (AvgIpc) is 3.42. The molecule has 11 nitrogen and oxygen atoms in total. The van der Waals surface area contributed by atoms with Gasteiger partial charge in [0.05, 0.1) is 40.5 Å². The number of ether oxygens (including phenoxy) is 3. The summed E-state index contributed by atoms with van der Waals surface area (Å²) in [4.78, 5) is 52.0. The van der Waals surface area contributed by atoms with Crippen LogP contribution in [-0.2, 0) is 27.4 Å². The van der Waals surface area contributed by atoms with Crippen molar-refractivity contribution >= 4 is 51.0 Å². The van der Waals surface area contributed by atoms with Crippen molar-refractivity contribution in [2.45, 2.75) is 32.0 Å². The molecule has 2 aromatic carbocycles. The van der Waals surface area contributed by atoms with Gasteiger partial charge in [-0.2, -0.15) is 0 Å². The van der Waals surface area contributed by atoms with Crippen LogP contribution in [0.4, 0.5) is 5.69 Å². The van der Waals surface area contributed by atoms with Gasteiger partial charge in [-0.25, -0.2) is 4.79 Å². The van der Waals surface area contributed by atoms with Crippen molar-refractivity contribution in [3.63, 3.8) is 0 Å². The van der Waals surface area contributed by atoms with Crippen LogP contribution >= 0.6 is 22.6 Å². The molecule has 2 N–H and O–H groups in total. The largest absolute Gasteiger partial charge is 0.496 e. The molecule has 1 aliphatic heterocycles. The van der Waals surface area contributed by atoms with Gasteiger partial charge in [-0.3, -0.25) is 23.5 Å². The molecule has 196 valence electrons. The number of aromatic nitrogens is 2. The van der Waals surface area contributed by atoms with Gasteiger partial charge in [0, 0.05) is 19.2 Å². The number of methoxy groups -OCH3 is 2. The molecule has 0 spiro atoms. The minimum absolute atomic E-state index is 0.0735. The van der Waals surface area contributed by atoms with E-state index in [1.165, 1.54) is 18.8 Å². The molecule has 37 heavy (non-hydrogen) atoms. The number of amides is 2. The maximum atomic E-state index is 13.3. The number of carbonyl (C=O) groups is 2. The number of nitrogens with one attached hydrogen (secondary N) is 2. The molecule has 0 saturated carbocycles.